The summed E-state index contributed by atoms with van der Waals surface area (Å²) < 4.78 is 7.56. The van der Waals surface area contributed by atoms with E-state index in [-0.39, 0.29) is 12.1 Å². The molecule has 0 fully saturated rings. The molecule has 0 aliphatic heterocycles. The number of hydrogen-bond donors (Lipinski definition) is 2. The van der Waals surface area contributed by atoms with Crippen LogP contribution in [0.5, 0.6) is 0 Å². The maximum atomic E-state index is 5.62. The second kappa shape index (κ2) is 5.98. The summed E-state index contributed by atoms with van der Waals surface area (Å²) in [6.07, 6.45) is 3.75. The number of hydrogen-bond acceptors (Lipinski definition) is 4. The van der Waals surface area contributed by atoms with Crippen molar-refractivity contribution in [3.05, 3.63) is 18.2 Å². The fourth-order valence-electron chi connectivity index (χ4n) is 1.98. The molecule has 0 bridgehead atoms. The van der Waals surface area contributed by atoms with Gasteiger partial charge in [0.2, 0.25) is 0 Å². The summed E-state index contributed by atoms with van der Waals surface area (Å²) in [5, 5.41) is 0. The van der Waals surface area contributed by atoms with E-state index in [1.54, 1.807) is 13.3 Å². The normalized spacial score (nSPS) is 15.4. The highest BCUT2D eigenvalue weighted by atomic mass is 16.5. The highest BCUT2D eigenvalue weighted by Crippen LogP contribution is 2.22. The molecular formula is C11H22N4O. The maximum Gasteiger partial charge on any atom is 0.129 e. The van der Waals surface area contributed by atoms with E-state index in [4.69, 9.17) is 10.6 Å². The number of methoxy groups -OCH3 is 1. The molecule has 0 aliphatic carbocycles. The van der Waals surface area contributed by atoms with Crippen molar-refractivity contribution >= 4 is 0 Å². The first-order chi connectivity index (χ1) is 7.65. The van der Waals surface area contributed by atoms with E-state index in [1.165, 1.54) is 0 Å². The number of hydrazine groups is 1. The van der Waals surface area contributed by atoms with E-state index in [0.29, 0.717) is 5.92 Å². The summed E-state index contributed by atoms with van der Waals surface area (Å²) in [6.45, 7) is 7.17. The highest BCUT2D eigenvalue weighted by Gasteiger charge is 2.28. The van der Waals surface area contributed by atoms with Crippen molar-refractivity contribution in [1.82, 2.24) is 15.0 Å². The van der Waals surface area contributed by atoms with Gasteiger partial charge in [-0.15, -0.1) is 0 Å². The Balaban J connectivity index is 2.96. The van der Waals surface area contributed by atoms with Crippen LogP contribution in [0.25, 0.3) is 0 Å². The number of nitrogens with two attached hydrogens (primary N) is 1. The molecule has 2 atom stereocenters. The number of imidazole rings is 1. The third-order valence-electron chi connectivity index (χ3n) is 2.80. The van der Waals surface area contributed by atoms with Gasteiger partial charge in [-0.25, -0.2) is 10.4 Å². The van der Waals surface area contributed by atoms with Crippen LogP contribution in [0.4, 0.5) is 0 Å². The zero-order chi connectivity index (χ0) is 12.1. The third-order valence-corrected chi connectivity index (χ3v) is 2.80. The SMILES string of the molecule is CCn1ccnc1C(NN)C(OC)C(C)C. The number of nitrogens with one attached hydrogen (secondary N) is 1. The van der Waals surface area contributed by atoms with Crippen LogP contribution in [-0.2, 0) is 11.3 Å². The molecule has 0 spiro atoms. The quantitative estimate of drug-likeness (QED) is 0.562. The number of rotatable bonds is 6. The molecule has 0 amide bonds. The Morgan fingerprint density at radius 1 is 1.56 bits per heavy atom. The Kier molecular flexibility index (Phi) is 4.92. The Morgan fingerprint density at radius 2 is 2.25 bits per heavy atom. The molecule has 0 aromatic carbocycles. The van der Waals surface area contributed by atoms with Crippen molar-refractivity contribution in [2.75, 3.05) is 7.11 Å². The highest BCUT2D eigenvalue weighted by molar-refractivity contribution is 5.02. The molecular weight excluding hydrogens is 204 g/mol. The van der Waals surface area contributed by atoms with Gasteiger partial charge in [0.05, 0.1) is 6.10 Å². The lowest BCUT2D eigenvalue weighted by Crippen LogP contribution is -2.41. The molecule has 3 N–H and O–H groups in total. The third kappa shape index (κ3) is 2.61. The largest absolute Gasteiger partial charge is 0.379 e. The van der Waals surface area contributed by atoms with Crippen LogP contribution >= 0.6 is 0 Å². The van der Waals surface area contributed by atoms with E-state index in [1.807, 2.05) is 6.20 Å². The molecule has 0 aliphatic rings. The summed E-state index contributed by atoms with van der Waals surface area (Å²) >= 11 is 0. The monoisotopic (exact) mass is 226 g/mol. The van der Waals surface area contributed by atoms with Gasteiger partial charge in [-0.2, -0.15) is 0 Å². The minimum absolute atomic E-state index is 0.0118. The zero-order valence-corrected chi connectivity index (χ0v) is 10.5. The fraction of sp³-hybridized carbons (Fsp3) is 0.727. The van der Waals surface area contributed by atoms with Crippen LogP contribution in [0.15, 0.2) is 12.4 Å². The van der Waals surface area contributed by atoms with Crippen LogP contribution in [0.2, 0.25) is 0 Å². The van der Waals surface area contributed by atoms with Crippen molar-refractivity contribution in [2.24, 2.45) is 11.8 Å². The van der Waals surface area contributed by atoms with Gasteiger partial charge in [0.25, 0.3) is 0 Å². The van der Waals surface area contributed by atoms with Crippen LogP contribution in [-0.4, -0.2) is 22.8 Å². The molecule has 0 saturated heterocycles. The number of aromatic nitrogens is 2. The van der Waals surface area contributed by atoms with E-state index in [0.717, 1.165) is 12.4 Å². The van der Waals surface area contributed by atoms with Crippen molar-refractivity contribution < 1.29 is 4.74 Å². The maximum absolute atomic E-state index is 5.62. The van der Waals surface area contributed by atoms with Crippen LogP contribution < -0.4 is 11.3 Å². The second-order valence-corrected chi connectivity index (χ2v) is 4.16. The second-order valence-electron chi connectivity index (χ2n) is 4.16. The summed E-state index contributed by atoms with van der Waals surface area (Å²) in [6, 6.07) is -0.0834. The molecule has 1 heterocycles. The van der Waals surface area contributed by atoms with E-state index >= 15 is 0 Å². The molecule has 1 rings (SSSR count). The van der Waals surface area contributed by atoms with Gasteiger partial charge in [0.15, 0.2) is 0 Å². The first kappa shape index (κ1) is 13.2. The summed E-state index contributed by atoms with van der Waals surface area (Å²) in [5.74, 6) is 6.91. The molecule has 0 saturated carbocycles. The van der Waals surface area contributed by atoms with E-state index in [9.17, 15) is 0 Å². The van der Waals surface area contributed by atoms with Gasteiger partial charge in [-0.3, -0.25) is 5.84 Å². The molecule has 5 nitrogen and oxygen atoms in total. The Morgan fingerprint density at radius 3 is 2.69 bits per heavy atom. The van der Waals surface area contributed by atoms with E-state index < -0.39 is 0 Å². The predicted octanol–water partition coefficient (Wildman–Crippen LogP) is 1.08. The molecule has 2 unspecified atom stereocenters. The predicted molar refractivity (Wildman–Crippen MR) is 63.6 cm³/mol. The number of nitrogens with zero attached hydrogens (tertiary/aromatic N) is 2. The zero-order valence-electron chi connectivity index (χ0n) is 10.5. The Bertz CT molecular complexity index is 311. The topological polar surface area (TPSA) is 65.1 Å². The van der Waals surface area contributed by atoms with Crippen LogP contribution in [0.1, 0.15) is 32.6 Å². The smallest absolute Gasteiger partial charge is 0.129 e. The van der Waals surface area contributed by atoms with Gasteiger partial charge in [-0.1, -0.05) is 13.8 Å². The van der Waals surface area contributed by atoms with Gasteiger partial charge in [0.1, 0.15) is 11.9 Å². The lowest BCUT2D eigenvalue weighted by atomic mass is 9.99. The molecule has 1 aromatic heterocycles. The molecule has 92 valence electrons. The molecule has 5 heteroatoms. The van der Waals surface area contributed by atoms with Gasteiger partial charge in [0, 0.05) is 26.0 Å². The van der Waals surface area contributed by atoms with Gasteiger partial charge >= 0.3 is 0 Å². The fourth-order valence-corrected chi connectivity index (χ4v) is 1.98. The molecule has 0 radical (unpaired) electrons. The summed E-state index contributed by atoms with van der Waals surface area (Å²) in [4.78, 5) is 4.35. The average Bonchev–Trinajstić information content (AvgIpc) is 2.72. The summed E-state index contributed by atoms with van der Waals surface area (Å²) in [5.41, 5.74) is 2.80. The Labute approximate surface area is 97.0 Å². The van der Waals surface area contributed by atoms with Crippen molar-refractivity contribution in [3.8, 4) is 0 Å². The van der Waals surface area contributed by atoms with Crippen molar-refractivity contribution in [1.29, 1.82) is 0 Å². The lowest BCUT2D eigenvalue weighted by molar-refractivity contribution is 0.0292. The van der Waals surface area contributed by atoms with E-state index in [2.05, 4.69) is 35.7 Å². The van der Waals surface area contributed by atoms with Crippen molar-refractivity contribution in [3.63, 3.8) is 0 Å². The summed E-state index contributed by atoms with van der Waals surface area (Å²) in [7, 11) is 1.70. The minimum Gasteiger partial charge on any atom is -0.379 e. The number of ether oxygens (including phenoxy) is 1. The average molecular weight is 226 g/mol. The van der Waals surface area contributed by atoms with Crippen LogP contribution in [0, 0.1) is 5.92 Å². The minimum atomic E-state index is -0.0834. The van der Waals surface area contributed by atoms with Gasteiger partial charge < -0.3 is 9.30 Å². The first-order valence-electron chi connectivity index (χ1n) is 5.65. The standard InChI is InChI=1S/C11H22N4O/c1-5-15-7-6-13-11(15)9(14-12)10(16-4)8(2)3/h6-10,14H,5,12H2,1-4H3. The van der Waals surface area contributed by atoms with Crippen molar-refractivity contribution in [2.45, 2.75) is 39.5 Å². The van der Waals surface area contributed by atoms with Gasteiger partial charge in [-0.05, 0) is 12.8 Å². The molecule has 1 aromatic rings. The lowest BCUT2D eigenvalue weighted by Gasteiger charge is -2.28. The Hall–Kier alpha value is -0.910. The van der Waals surface area contributed by atoms with Crippen LogP contribution in [0.3, 0.4) is 0 Å². The first-order valence-corrected chi connectivity index (χ1v) is 5.65. The number of aryl methyl sites for hydroxylation is 1. The molecule has 16 heavy (non-hydrogen) atoms.